The molecule has 1 saturated heterocycles. The van der Waals surface area contributed by atoms with Gasteiger partial charge in [0.05, 0.1) is 16.2 Å². The summed E-state index contributed by atoms with van der Waals surface area (Å²) < 4.78 is 0. The highest BCUT2D eigenvalue weighted by atomic mass is 35.5. The lowest BCUT2D eigenvalue weighted by molar-refractivity contribution is -0.384. The summed E-state index contributed by atoms with van der Waals surface area (Å²) in [5, 5.41) is 25.7. The number of nitrogens with zero attached hydrogens (tertiary/aromatic N) is 2. The summed E-state index contributed by atoms with van der Waals surface area (Å²) >= 11 is 6.19. The summed E-state index contributed by atoms with van der Waals surface area (Å²) in [4.78, 5) is 26.4. The van der Waals surface area contributed by atoms with Gasteiger partial charge in [-0.15, -0.1) is 0 Å². The number of non-ortho nitro benzene ring substituents is 1. The number of nitro benzene ring substituents is 1. The molecule has 1 aliphatic rings. The van der Waals surface area contributed by atoms with Crippen molar-refractivity contribution in [2.24, 2.45) is 5.92 Å². The Morgan fingerprint density at radius 1 is 1.12 bits per heavy atom. The van der Waals surface area contributed by atoms with E-state index in [0.29, 0.717) is 33.4 Å². The standard InChI is InChI=1S/C26H26ClN3O4/c1-17-11-13-29(14-12-17)24-10-8-20(30(33)34)16-22(24)26(32)28-23-9-7-19(27)15-21(23)25(31)18-5-3-2-4-6-18/h2-10,15-17,25,31H,11-14H2,1H3,(H,28,32)/t25-/m0/s1. The first kappa shape index (κ1) is 23.7. The molecule has 1 fully saturated rings. The highest BCUT2D eigenvalue weighted by Gasteiger charge is 2.25. The number of hydrogen-bond acceptors (Lipinski definition) is 5. The second-order valence-corrected chi connectivity index (χ2v) is 9.06. The first-order valence-corrected chi connectivity index (χ1v) is 11.6. The van der Waals surface area contributed by atoms with Crippen LogP contribution < -0.4 is 10.2 Å². The van der Waals surface area contributed by atoms with E-state index < -0.39 is 16.9 Å². The highest BCUT2D eigenvalue weighted by molar-refractivity contribution is 6.30. The van der Waals surface area contributed by atoms with Crippen LogP contribution in [0.25, 0.3) is 0 Å². The molecule has 176 valence electrons. The number of piperidine rings is 1. The largest absolute Gasteiger partial charge is 0.384 e. The number of carbonyl (C=O) groups is 1. The Morgan fingerprint density at radius 2 is 1.82 bits per heavy atom. The van der Waals surface area contributed by atoms with Crippen LogP contribution in [0.3, 0.4) is 0 Å². The number of anilines is 2. The van der Waals surface area contributed by atoms with Gasteiger partial charge in [0.2, 0.25) is 0 Å². The SMILES string of the molecule is CC1CCN(c2ccc([N+](=O)[O-])cc2C(=O)Nc2ccc(Cl)cc2[C@@H](O)c2ccccc2)CC1. The lowest BCUT2D eigenvalue weighted by atomic mass is 9.97. The molecule has 1 amide bonds. The third-order valence-corrected chi connectivity index (χ3v) is 6.47. The summed E-state index contributed by atoms with van der Waals surface area (Å²) in [6.07, 6.45) is 0.967. The van der Waals surface area contributed by atoms with E-state index in [1.54, 1.807) is 36.4 Å². The van der Waals surface area contributed by atoms with Gasteiger partial charge in [-0.1, -0.05) is 48.9 Å². The second-order valence-electron chi connectivity index (χ2n) is 8.63. The van der Waals surface area contributed by atoms with Crippen LogP contribution in [0.4, 0.5) is 17.1 Å². The van der Waals surface area contributed by atoms with Crippen molar-refractivity contribution in [3.8, 4) is 0 Å². The van der Waals surface area contributed by atoms with Crippen LogP contribution in [-0.4, -0.2) is 29.0 Å². The number of halogens is 1. The van der Waals surface area contributed by atoms with Crippen molar-refractivity contribution < 1.29 is 14.8 Å². The zero-order chi connectivity index (χ0) is 24.2. The van der Waals surface area contributed by atoms with Crippen molar-refractivity contribution >= 4 is 34.6 Å². The lowest BCUT2D eigenvalue weighted by Gasteiger charge is -2.33. The number of benzene rings is 3. The Balaban J connectivity index is 1.69. The Kier molecular flexibility index (Phi) is 7.14. The molecule has 0 radical (unpaired) electrons. The smallest absolute Gasteiger partial charge is 0.270 e. The number of aliphatic hydroxyl groups is 1. The molecule has 0 saturated carbocycles. The van der Waals surface area contributed by atoms with Crippen LogP contribution >= 0.6 is 11.6 Å². The summed E-state index contributed by atoms with van der Waals surface area (Å²) in [6, 6.07) is 18.3. The van der Waals surface area contributed by atoms with E-state index in [1.165, 1.54) is 12.1 Å². The zero-order valence-electron chi connectivity index (χ0n) is 18.8. The van der Waals surface area contributed by atoms with Crippen molar-refractivity contribution in [3.63, 3.8) is 0 Å². The number of hydrogen-bond donors (Lipinski definition) is 2. The van der Waals surface area contributed by atoms with Crippen molar-refractivity contribution in [2.75, 3.05) is 23.3 Å². The Morgan fingerprint density at radius 3 is 2.50 bits per heavy atom. The molecule has 1 atom stereocenters. The normalized spacial score (nSPS) is 15.1. The first-order valence-electron chi connectivity index (χ1n) is 11.2. The molecule has 1 heterocycles. The number of rotatable bonds is 6. The zero-order valence-corrected chi connectivity index (χ0v) is 19.5. The molecule has 3 aromatic rings. The average Bonchev–Trinajstić information content (AvgIpc) is 2.85. The van der Waals surface area contributed by atoms with E-state index in [1.807, 2.05) is 18.2 Å². The molecule has 3 aromatic carbocycles. The van der Waals surface area contributed by atoms with Gasteiger partial charge in [0.1, 0.15) is 6.10 Å². The maximum Gasteiger partial charge on any atom is 0.270 e. The van der Waals surface area contributed by atoms with Crippen molar-refractivity contribution in [1.29, 1.82) is 0 Å². The maximum atomic E-state index is 13.4. The van der Waals surface area contributed by atoms with Crippen LogP contribution in [0, 0.1) is 16.0 Å². The van der Waals surface area contributed by atoms with E-state index >= 15 is 0 Å². The topological polar surface area (TPSA) is 95.7 Å². The monoisotopic (exact) mass is 479 g/mol. The number of nitrogens with one attached hydrogen (secondary N) is 1. The van der Waals surface area contributed by atoms with Crippen LogP contribution in [0.1, 0.15) is 47.4 Å². The number of amides is 1. The maximum absolute atomic E-state index is 13.4. The molecule has 8 heteroatoms. The summed E-state index contributed by atoms with van der Waals surface area (Å²) in [6.45, 7) is 3.75. The molecule has 4 rings (SSSR count). The van der Waals surface area contributed by atoms with Crippen LogP contribution in [0.15, 0.2) is 66.7 Å². The fourth-order valence-electron chi connectivity index (χ4n) is 4.22. The molecular weight excluding hydrogens is 454 g/mol. The third-order valence-electron chi connectivity index (χ3n) is 6.23. The lowest BCUT2D eigenvalue weighted by Crippen LogP contribution is -2.34. The quantitative estimate of drug-likeness (QED) is 0.343. The Hall–Kier alpha value is -3.42. The van der Waals surface area contributed by atoms with Gasteiger partial charge in [0.15, 0.2) is 0 Å². The minimum atomic E-state index is -1.01. The second kappa shape index (κ2) is 10.2. The number of nitro groups is 1. The van der Waals surface area contributed by atoms with E-state index in [-0.39, 0.29) is 11.3 Å². The third kappa shape index (κ3) is 5.21. The first-order chi connectivity index (χ1) is 16.3. The van der Waals surface area contributed by atoms with Gasteiger partial charge < -0.3 is 15.3 Å². The predicted octanol–water partition coefficient (Wildman–Crippen LogP) is 5.82. The molecule has 0 unspecified atom stereocenters. The van der Waals surface area contributed by atoms with Gasteiger partial charge in [0.25, 0.3) is 11.6 Å². The summed E-state index contributed by atoms with van der Waals surface area (Å²) in [7, 11) is 0. The molecule has 0 bridgehead atoms. The molecule has 7 nitrogen and oxygen atoms in total. The van der Waals surface area contributed by atoms with Crippen molar-refractivity contribution in [1.82, 2.24) is 0 Å². The fourth-order valence-corrected chi connectivity index (χ4v) is 4.40. The van der Waals surface area contributed by atoms with Gasteiger partial charge >= 0.3 is 0 Å². The number of aliphatic hydroxyl groups excluding tert-OH is 1. The molecule has 1 aliphatic heterocycles. The Bertz CT molecular complexity index is 1190. The fraction of sp³-hybridized carbons (Fsp3) is 0.269. The van der Waals surface area contributed by atoms with Crippen molar-refractivity contribution in [2.45, 2.75) is 25.9 Å². The number of carbonyl (C=O) groups excluding carboxylic acids is 1. The predicted molar refractivity (Wildman–Crippen MR) is 134 cm³/mol. The molecule has 34 heavy (non-hydrogen) atoms. The van der Waals surface area contributed by atoms with Gasteiger partial charge in [-0.05, 0) is 48.6 Å². The average molecular weight is 480 g/mol. The van der Waals surface area contributed by atoms with Gasteiger partial charge in [-0.2, -0.15) is 0 Å². The molecule has 2 N–H and O–H groups in total. The summed E-state index contributed by atoms with van der Waals surface area (Å²) in [5.41, 5.74) is 2.20. The minimum absolute atomic E-state index is 0.153. The summed E-state index contributed by atoms with van der Waals surface area (Å²) in [5.74, 6) is 0.115. The van der Waals surface area contributed by atoms with Gasteiger partial charge in [-0.25, -0.2) is 0 Å². The molecular formula is C26H26ClN3O4. The van der Waals surface area contributed by atoms with Crippen LogP contribution in [-0.2, 0) is 0 Å². The molecule has 0 spiro atoms. The highest BCUT2D eigenvalue weighted by Crippen LogP contribution is 2.33. The van der Waals surface area contributed by atoms with E-state index in [9.17, 15) is 20.0 Å². The van der Waals surface area contributed by atoms with E-state index in [4.69, 9.17) is 11.6 Å². The van der Waals surface area contributed by atoms with Crippen LogP contribution in [0.2, 0.25) is 5.02 Å². The van der Waals surface area contributed by atoms with Gasteiger partial charge in [-0.3, -0.25) is 14.9 Å². The van der Waals surface area contributed by atoms with E-state index in [2.05, 4.69) is 17.1 Å². The van der Waals surface area contributed by atoms with Crippen molar-refractivity contribution in [3.05, 3.63) is 98.6 Å². The molecule has 0 aromatic heterocycles. The minimum Gasteiger partial charge on any atom is -0.384 e. The van der Waals surface area contributed by atoms with Crippen LogP contribution in [0.5, 0.6) is 0 Å². The van der Waals surface area contributed by atoms with E-state index in [0.717, 1.165) is 25.9 Å². The Labute approximate surface area is 203 Å². The van der Waals surface area contributed by atoms with Gasteiger partial charge in [0, 0.05) is 41.5 Å². The molecule has 0 aliphatic carbocycles.